The quantitative estimate of drug-likeness (QED) is 0.375. The summed E-state index contributed by atoms with van der Waals surface area (Å²) in [5, 5.41) is 4.95. The van der Waals surface area contributed by atoms with Crippen molar-refractivity contribution < 1.29 is 32.6 Å². The molecular formula is C27H28F2N2O5. The number of benzene rings is 3. The SMILES string of the molecule is COc1ccc(C(=O)Nc2ccc(OC(C)C)cc2F)cc1C(=O)Nc1ccc(OC(C)C)cc1F. The Hall–Kier alpha value is -4.14. The van der Waals surface area contributed by atoms with Gasteiger partial charge in [-0.1, -0.05) is 0 Å². The van der Waals surface area contributed by atoms with Gasteiger partial charge in [0.25, 0.3) is 11.8 Å². The molecule has 7 nitrogen and oxygen atoms in total. The minimum Gasteiger partial charge on any atom is -0.496 e. The Morgan fingerprint density at radius 1 is 0.722 bits per heavy atom. The van der Waals surface area contributed by atoms with Crippen LogP contribution in [0.2, 0.25) is 0 Å². The van der Waals surface area contributed by atoms with Gasteiger partial charge in [0.05, 0.1) is 36.3 Å². The molecule has 0 radical (unpaired) electrons. The van der Waals surface area contributed by atoms with Crippen molar-refractivity contribution in [3.05, 3.63) is 77.4 Å². The fourth-order valence-electron chi connectivity index (χ4n) is 3.30. The average Bonchev–Trinajstić information content (AvgIpc) is 2.81. The number of hydrogen-bond acceptors (Lipinski definition) is 5. The van der Waals surface area contributed by atoms with Crippen molar-refractivity contribution in [2.75, 3.05) is 17.7 Å². The molecule has 2 N–H and O–H groups in total. The normalized spacial score (nSPS) is 10.8. The highest BCUT2D eigenvalue weighted by Crippen LogP contribution is 2.26. The number of rotatable bonds is 9. The molecule has 0 bridgehead atoms. The standard InChI is InChI=1S/C27H28F2N2O5/c1-15(2)35-18-7-9-23(21(28)13-18)30-26(32)17-6-11-25(34-5)20(12-17)27(33)31-24-10-8-19(14-22(24)29)36-16(3)4/h6-16H,1-5H3,(H,30,32)(H,31,33). The minimum atomic E-state index is -0.695. The van der Waals surface area contributed by atoms with E-state index >= 15 is 0 Å². The van der Waals surface area contributed by atoms with Gasteiger partial charge >= 0.3 is 0 Å². The minimum absolute atomic E-state index is 0.00629. The number of amides is 2. The zero-order chi connectivity index (χ0) is 26.4. The summed E-state index contributed by atoms with van der Waals surface area (Å²) >= 11 is 0. The lowest BCUT2D eigenvalue weighted by Gasteiger charge is -2.14. The van der Waals surface area contributed by atoms with E-state index in [1.807, 2.05) is 27.7 Å². The third-order valence-electron chi connectivity index (χ3n) is 4.83. The first kappa shape index (κ1) is 26.5. The number of ether oxygens (including phenoxy) is 3. The molecule has 0 unspecified atom stereocenters. The number of anilines is 2. The number of nitrogens with one attached hydrogen (secondary N) is 2. The number of carbonyl (C=O) groups is 2. The van der Waals surface area contributed by atoms with Crippen LogP contribution in [0.4, 0.5) is 20.2 Å². The van der Waals surface area contributed by atoms with Crippen LogP contribution in [0, 0.1) is 11.6 Å². The Balaban J connectivity index is 1.80. The predicted octanol–water partition coefficient (Wildman–Crippen LogP) is 6.05. The molecule has 0 aliphatic heterocycles. The van der Waals surface area contributed by atoms with E-state index < -0.39 is 23.4 Å². The number of halogens is 2. The van der Waals surface area contributed by atoms with Crippen LogP contribution in [-0.2, 0) is 0 Å². The van der Waals surface area contributed by atoms with E-state index in [0.717, 1.165) is 0 Å². The van der Waals surface area contributed by atoms with Crippen molar-refractivity contribution in [1.29, 1.82) is 0 Å². The van der Waals surface area contributed by atoms with Crippen molar-refractivity contribution in [1.82, 2.24) is 0 Å². The summed E-state index contributed by atoms with van der Waals surface area (Å²) in [6.45, 7) is 7.26. The molecule has 0 aliphatic rings. The second kappa shape index (κ2) is 11.5. The summed E-state index contributed by atoms with van der Waals surface area (Å²) in [7, 11) is 1.36. The van der Waals surface area contributed by atoms with E-state index in [1.54, 1.807) is 0 Å². The first-order valence-corrected chi connectivity index (χ1v) is 11.3. The van der Waals surface area contributed by atoms with Gasteiger partial charge in [0.15, 0.2) is 0 Å². The van der Waals surface area contributed by atoms with Crippen LogP contribution in [0.25, 0.3) is 0 Å². The van der Waals surface area contributed by atoms with Gasteiger partial charge in [-0.25, -0.2) is 8.78 Å². The molecule has 2 amide bonds. The van der Waals surface area contributed by atoms with Crippen LogP contribution in [0.1, 0.15) is 48.4 Å². The summed E-state index contributed by atoms with van der Waals surface area (Å²) in [4.78, 5) is 25.7. The first-order chi connectivity index (χ1) is 17.1. The molecule has 0 saturated carbocycles. The maximum Gasteiger partial charge on any atom is 0.259 e. The van der Waals surface area contributed by atoms with Gasteiger partial charge in [-0.15, -0.1) is 0 Å². The fourth-order valence-corrected chi connectivity index (χ4v) is 3.30. The van der Waals surface area contributed by atoms with Crippen molar-refractivity contribution in [2.45, 2.75) is 39.9 Å². The van der Waals surface area contributed by atoms with E-state index in [9.17, 15) is 18.4 Å². The third kappa shape index (κ3) is 6.71. The summed E-state index contributed by atoms with van der Waals surface area (Å²) in [5.41, 5.74) is -0.0558. The number of methoxy groups -OCH3 is 1. The zero-order valence-electron chi connectivity index (χ0n) is 20.6. The van der Waals surface area contributed by atoms with Crippen molar-refractivity contribution in [3.63, 3.8) is 0 Å². The van der Waals surface area contributed by atoms with E-state index in [-0.39, 0.29) is 40.5 Å². The molecule has 3 aromatic rings. The summed E-state index contributed by atoms with van der Waals surface area (Å²) in [6, 6.07) is 12.3. The van der Waals surface area contributed by atoms with Crippen LogP contribution in [0.5, 0.6) is 17.2 Å². The fraction of sp³-hybridized carbons (Fsp3) is 0.259. The molecule has 9 heteroatoms. The maximum absolute atomic E-state index is 14.5. The molecule has 0 fully saturated rings. The van der Waals surface area contributed by atoms with Gasteiger partial charge in [-0.3, -0.25) is 9.59 Å². The van der Waals surface area contributed by atoms with E-state index in [1.165, 1.54) is 61.7 Å². The molecule has 0 saturated heterocycles. The third-order valence-corrected chi connectivity index (χ3v) is 4.83. The first-order valence-electron chi connectivity index (χ1n) is 11.3. The van der Waals surface area contributed by atoms with E-state index in [4.69, 9.17) is 14.2 Å². The maximum atomic E-state index is 14.5. The Labute approximate surface area is 208 Å². The topological polar surface area (TPSA) is 85.9 Å². The molecule has 0 aromatic heterocycles. The van der Waals surface area contributed by atoms with E-state index in [2.05, 4.69) is 10.6 Å². The van der Waals surface area contributed by atoms with Gasteiger partial charge in [-0.2, -0.15) is 0 Å². The summed E-state index contributed by atoms with van der Waals surface area (Å²) in [5.74, 6) is -1.87. The van der Waals surface area contributed by atoms with Crippen molar-refractivity contribution in [3.8, 4) is 17.2 Å². The largest absolute Gasteiger partial charge is 0.496 e. The monoisotopic (exact) mass is 498 g/mol. The zero-order valence-corrected chi connectivity index (χ0v) is 20.6. The van der Waals surface area contributed by atoms with Gasteiger partial charge in [-0.05, 0) is 70.2 Å². The molecule has 0 atom stereocenters. The van der Waals surface area contributed by atoms with Gasteiger partial charge < -0.3 is 24.8 Å². The lowest BCUT2D eigenvalue weighted by molar-refractivity contribution is 0.102. The summed E-state index contributed by atoms with van der Waals surface area (Å²) in [6.07, 6.45) is -0.267. The smallest absolute Gasteiger partial charge is 0.259 e. The van der Waals surface area contributed by atoms with Gasteiger partial charge in [0.2, 0.25) is 0 Å². The second-order valence-corrected chi connectivity index (χ2v) is 8.44. The average molecular weight is 499 g/mol. The Bertz CT molecular complexity index is 1260. The highest BCUT2D eigenvalue weighted by atomic mass is 19.1. The lowest BCUT2D eigenvalue weighted by atomic mass is 10.1. The van der Waals surface area contributed by atoms with Crippen LogP contribution in [-0.4, -0.2) is 31.1 Å². The van der Waals surface area contributed by atoms with Gasteiger partial charge in [0, 0.05) is 17.7 Å². The Morgan fingerprint density at radius 3 is 1.67 bits per heavy atom. The van der Waals surface area contributed by atoms with Crippen LogP contribution < -0.4 is 24.8 Å². The second-order valence-electron chi connectivity index (χ2n) is 8.44. The number of hydrogen-bond donors (Lipinski definition) is 2. The van der Waals surface area contributed by atoms with E-state index in [0.29, 0.717) is 11.5 Å². The van der Waals surface area contributed by atoms with Crippen molar-refractivity contribution >= 4 is 23.2 Å². The Morgan fingerprint density at radius 2 is 1.22 bits per heavy atom. The lowest BCUT2D eigenvalue weighted by Crippen LogP contribution is -2.17. The van der Waals surface area contributed by atoms with Crippen molar-refractivity contribution in [2.24, 2.45) is 0 Å². The highest BCUT2D eigenvalue weighted by Gasteiger charge is 2.19. The number of carbonyl (C=O) groups excluding carboxylic acids is 2. The molecule has 36 heavy (non-hydrogen) atoms. The van der Waals surface area contributed by atoms with Gasteiger partial charge in [0.1, 0.15) is 28.9 Å². The molecule has 3 rings (SSSR count). The summed E-state index contributed by atoms with van der Waals surface area (Å²) < 4.78 is 45.1. The Kier molecular flexibility index (Phi) is 8.47. The molecular weight excluding hydrogens is 470 g/mol. The highest BCUT2D eigenvalue weighted by molar-refractivity contribution is 6.10. The predicted molar refractivity (Wildman–Crippen MR) is 133 cm³/mol. The molecule has 0 spiro atoms. The van der Waals surface area contributed by atoms with Crippen LogP contribution in [0.3, 0.4) is 0 Å². The molecule has 0 heterocycles. The van der Waals surface area contributed by atoms with Crippen LogP contribution in [0.15, 0.2) is 54.6 Å². The van der Waals surface area contributed by atoms with Crippen LogP contribution >= 0.6 is 0 Å². The molecule has 0 aliphatic carbocycles. The molecule has 3 aromatic carbocycles. The molecule has 190 valence electrons.